The number of carboxylic acid groups (broad SMARTS) is 1. The van der Waals surface area contributed by atoms with Crippen LogP contribution in [0, 0.1) is 0 Å². The summed E-state index contributed by atoms with van der Waals surface area (Å²) in [5, 5.41) is 13.7. The van der Waals surface area contributed by atoms with Crippen molar-refractivity contribution in [2.45, 2.75) is 4.90 Å². The van der Waals surface area contributed by atoms with Gasteiger partial charge in [-0.25, -0.2) is 4.79 Å². The number of hydrogen-bond donors (Lipinski definition) is 3. The van der Waals surface area contributed by atoms with E-state index in [-0.39, 0.29) is 26.7 Å². The number of hydrogen-bond acceptors (Lipinski definition) is 5. The molecule has 0 fully saturated rings. The number of aromatic carboxylic acids is 1. The van der Waals surface area contributed by atoms with Crippen LogP contribution in [0.4, 0.5) is 11.4 Å². The maximum absolute atomic E-state index is 13.0. The minimum absolute atomic E-state index is 0.0943. The van der Waals surface area contributed by atoms with Gasteiger partial charge < -0.3 is 20.5 Å². The number of halogens is 4. The Labute approximate surface area is 253 Å². The molecule has 2 amide bonds. The van der Waals surface area contributed by atoms with Gasteiger partial charge in [-0.1, -0.05) is 70.7 Å². The summed E-state index contributed by atoms with van der Waals surface area (Å²) in [6.45, 7) is 0. The standard InChI is InChI=1S/C28H18Cl4N2O5S/c29-23-21(22(28(37)38)24(30)26(32)25(23)31)27(36)34-16-5-4-8-19(13-16)40-14-20(35)33-15-9-11-18(12-10-15)39-17-6-2-1-3-7-17/h1-13H,14H2,(H,33,35)(H,34,36)(H,37,38). The van der Waals surface area contributed by atoms with Crippen LogP contribution < -0.4 is 15.4 Å². The van der Waals surface area contributed by atoms with Crippen molar-refractivity contribution in [3.05, 3.63) is 110 Å². The molecule has 204 valence electrons. The Kier molecular flexibility index (Phi) is 9.84. The molecule has 0 atom stereocenters. The van der Waals surface area contributed by atoms with Gasteiger partial charge in [-0.15, -0.1) is 11.8 Å². The lowest BCUT2D eigenvalue weighted by Gasteiger charge is -2.14. The number of anilines is 2. The molecule has 12 heteroatoms. The maximum atomic E-state index is 13.0. The lowest BCUT2D eigenvalue weighted by atomic mass is 10.1. The molecule has 0 saturated carbocycles. The minimum atomic E-state index is -1.50. The van der Waals surface area contributed by atoms with Crippen molar-refractivity contribution < 1.29 is 24.2 Å². The molecule has 4 rings (SSSR count). The molecule has 40 heavy (non-hydrogen) atoms. The molecule has 0 saturated heterocycles. The van der Waals surface area contributed by atoms with Crippen LogP contribution in [-0.4, -0.2) is 28.6 Å². The monoisotopic (exact) mass is 634 g/mol. The summed E-state index contributed by atoms with van der Waals surface area (Å²) in [6.07, 6.45) is 0. The van der Waals surface area contributed by atoms with Gasteiger partial charge in [0.25, 0.3) is 5.91 Å². The zero-order valence-electron chi connectivity index (χ0n) is 20.2. The molecule has 0 aliphatic carbocycles. The second kappa shape index (κ2) is 13.3. The van der Waals surface area contributed by atoms with Gasteiger partial charge >= 0.3 is 5.97 Å². The van der Waals surface area contributed by atoms with E-state index in [2.05, 4.69) is 10.6 Å². The van der Waals surface area contributed by atoms with Crippen LogP contribution in [0.25, 0.3) is 0 Å². The Bertz CT molecular complexity index is 1580. The summed E-state index contributed by atoms with van der Waals surface area (Å²) >= 11 is 25.4. The largest absolute Gasteiger partial charge is 0.478 e. The molecule has 0 aliphatic heterocycles. The summed E-state index contributed by atoms with van der Waals surface area (Å²) in [5.41, 5.74) is -0.0518. The molecule has 0 radical (unpaired) electrons. The number of thioether (sulfide) groups is 1. The van der Waals surface area contributed by atoms with E-state index in [0.29, 0.717) is 27.8 Å². The number of para-hydroxylation sites is 1. The van der Waals surface area contributed by atoms with E-state index in [0.717, 1.165) is 0 Å². The van der Waals surface area contributed by atoms with Gasteiger partial charge in [-0.3, -0.25) is 9.59 Å². The number of nitrogens with one attached hydrogen (secondary N) is 2. The van der Waals surface area contributed by atoms with Crippen LogP contribution in [0.3, 0.4) is 0 Å². The number of carboxylic acids is 1. The molecular formula is C28H18Cl4N2O5S. The molecule has 0 bridgehead atoms. The predicted molar refractivity (Wildman–Crippen MR) is 160 cm³/mol. The van der Waals surface area contributed by atoms with Gasteiger partial charge in [0.05, 0.1) is 37.0 Å². The summed E-state index contributed by atoms with van der Waals surface area (Å²) in [7, 11) is 0. The Morgan fingerprint density at radius 2 is 1.32 bits per heavy atom. The number of rotatable bonds is 9. The first-order valence-electron chi connectivity index (χ1n) is 11.4. The fourth-order valence-electron chi connectivity index (χ4n) is 3.48. The lowest BCUT2D eigenvalue weighted by molar-refractivity contribution is -0.113. The number of benzene rings is 4. The van der Waals surface area contributed by atoms with Crippen molar-refractivity contribution in [3.63, 3.8) is 0 Å². The first-order chi connectivity index (χ1) is 19.1. The lowest BCUT2D eigenvalue weighted by Crippen LogP contribution is -2.18. The average molecular weight is 636 g/mol. The van der Waals surface area contributed by atoms with Crippen LogP contribution >= 0.6 is 58.2 Å². The molecule has 4 aromatic rings. The smallest absolute Gasteiger partial charge is 0.338 e. The molecular weight excluding hydrogens is 618 g/mol. The van der Waals surface area contributed by atoms with Crippen LogP contribution in [0.1, 0.15) is 20.7 Å². The third-order valence-corrected chi connectivity index (χ3v) is 8.08. The Hall–Kier alpha value is -3.40. The summed E-state index contributed by atoms with van der Waals surface area (Å²) in [4.78, 5) is 37.9. The van der Waals surface area contributed by atoms with E-state index in [4.69, 9.17) is 51.1 Å². The second-order valence-corrected chi connectivity index (χ2v) is 10.6. The van der Waals surface area contributed by atoms with Crippen molar-refractivity contribution in [2.75, 3.05) is 16.4 Å². The molecule has 0 spiro atoms. The zero-order valence-corrected chi connectivity index (χ0v) is 24.1. The normalized spacial score (nSPS) is 10.6. The fourth-order valence-corrected chi connectivity index (χ4v) is 5.25. The maximum Gasteiger partial charge on any atom is 0.338 e. The van der Waals surface area contributed by atoms with Crippen molar-refractivity contribution >= 4 is 87.3 Å². The molecule has 0 heterocycles. The molecule has 0 aliphatic rings. The van der Waals surface area contributed by atoms with Gasteiger partial charge in [0.15, 0.2) is 0 Å². The number of ether oxygens (including phenoxy) is 1. The van der Waals surface area contributed by atoms with Gasteiger partial charge in [-0.05, 0) is 54.6 Å². The van der Waals surface area contributed by atoms with Crippen LogP contribution in [0.5, 0.6) is 11.5 Å². The van der Waals surface area contributed by atoms with Gasteiger partial charge in [0.2, 0.25) is 5.91 Å². The SMILES string of the molecule is O=C(CSc1cccc(NC(=O)c2c(Cl)c(Cl)c(Cl)c(Cl)c2C(=O)O)c1)Nc1ccc(Oc2ccccc2)cc1. The highest BCUT2D eigenvalue weighted by Crippen LogP contribution is 2.42. The van der Waals surface area contributed by atoms with E-state index < -0.39 is 28.0 Å². The highest BCUT2D eigenvalue weighted by atomic mass is 35.5. The first-order valence-corrected chi connectivity index (χ1v) is 13.9. The first kappa shape index (κ1) is 29.6. The highest BCUT2D eigenvalue weighted by molar-refractivity contribution is 8.00. The van der Waals surface area contributed by atoms with E-state index >= 15 is 0 Å². The van der Waals surface area contributed by atoms with Crippen molar-refractivity contribution in [3.8, 4) is 11.5 Å². The van der Waals surface area contributed by atoms with E-state index in [9.17, 15) is 19.5 Å². The molecule has 3 N–H and O–H groups in total. The average Bonchev–Trinajstić information content (AvgIpc) is 2.94. The van der Waals surface area contributed by atoms with Crippen LogP contribution in [-0.2, 0) is 4.79 Å². The van der Waals surface area contributed by atoms with Crippen LogP contribution in [0.2, 0.25) is 20.1 Å². The quantitative estimate of drug-likeness (QED) is 0.0964. The number of amides is 2. The number of carbonyl (C=O) groups is 3. The fraction of sp³-hybridized carbons (Fsp3) is 0.0357. The topological polar surface area (TPSA) is 105 Å². The Balaban J connectivity index is 1.37. The van der Waals surface area contributed by atoms with Crippen molar-refractivity contribution in [1.29, 1.82) is 0 Å². The Morgan fingerprint density at radius 3 is 1.98 bits per heavy atom. The van der Waals surface area contributed by atoms with Crippen molar-refractivity contribution in [1.82, 2.24) is 0 Å². The third kappa shape index (κ3) is 7.21. The summed E-state index contributed by atoms with van der Waals surface area (Å²) < 4.78 is 5.75. The third-order valence-electron chi connectivity index (χ3n) is 5.29. The van der Waals surface area contributed by atoms with Gasteiger partial charge in [-0.2, -0.15) is 0 Å². The zero-order chi connectivity index (χ0) is 28.8. The van der Waals surface area contributed by atoms with E-state index in [1.54, 1.807) is 48.5 Å². The second-order valence-electron chi connectivity index (χ2n) is 8.07. The van der Waals surface area contributed by atoms with Gasteiger partial charge in [0.1, 0.15) is 11.5 Å². The molecule has 0 aromatic heterocycles. The minimum Gasteiger partial charge on any atom is -0.478 e. The van der Waals surface area contributed by atoms with Crippen molar-refractivity contribution in [2.24, 2.45) is 0 Å². The molecule has 4 aromatic carbocycles. The Morgan fingerprint density at radius 1 is 0.700 bits per heavy atom. The van der Waals surface area contributed by atoms with E-state index in [1.807, 2.05) is 30.3 Å². The van der Waals surface area contributed by atoms with Crippen LogP contribution in [0.15, 0.2) is 83.8 Å². The predicted octanol–water partition coefficient (Wildman–Crippen LogP) is 8.77. The summed E-state index contributed by atoms with van der Waals surface area (Å²) in [6, 6.07) is 23.0. The number of carbonyl (C=O) groups excluding carboxylic acids is 2. The van der Waals surface area contributed by atoms with E-state index in [1.165, 1.54) is 11.8 Å². The van der Waals surface area contributed by atoms with Gasteiger partial charge in [0, 0.05) is 16.3 Å². The molecule has 0 unspecified atom stereocenters. The highest BCUT2D eigenvalue weighted by Gasteiger charge is 2.29. The summed E-state index contributed by atoms with van der Waals surface area (Å²) in [5.74, 6) is -1.14. The molecule has 7 nitrogen and oxygen atoms in total.